The van der Waals surface area contributed by atoms with E-state index in [4.69, 9.17) is 5.11 Å². The van der Waals surface area contributed by atoms with Crippen LogP contribution in [0, 0.1) is 5.92 Å². The summed E-state index contributed by atoms with van der Waals surface area (Å²) in [5.41, 5.74) is 2.12. The standard InChI is InChI=1S/C15H26N4O/c1-3-5-13(2)8-18-7-4-6-14(9-18)10-19-11-15(12-20)16-17-19/h5,11,14,20H,3-4,6-10,12H2,1-2H3. The number of aliphatic hydroxyl groups is 1. The first-order chi connectivity index (χ1) is 9.71. The van der Waals surface area contributed by atoms with Crippen LogP contribution in [0.2, 0.25) is 0 Å². The van der Waals surface area contributed by atoms with Crippen molar-refractivity contribution in [3.63, 3.8) is 0 Å². The molecule has 0 bridgehead atoms. The van der Waals surface area contributed by atoms with Gasteiger partial charge in [0, 0.05) is 19.6 Å². The van der Waals surface area contributed by atoms with Crippen LogP contribution in [0.25, 0.3) is 0 Å². The van der Waals surface area contributed by atoms with Crippen LogP contribution in [0.5, 0.6) is 0 Å². The van der Waals surface area contributed by atoms with Gasteiger partial charge in [-0.05, 0) is 38.6 Å². The highest BCUT2D eigenvalue weighted by Crippen LogP contribution is 2.19. The van der Waals surface area contributed by atoms with Gasteiger partial charge in [-0.15, -0.1) is 5.10 Å². The molecule has 1 aromatic heterocycles. The zero-order valence-electron chi connectivity index (χ0n) is 12.6. The normalized spacial score (nSPS) is 21.4. The van der Waals surface area contributed by atoms with Crippen LogP contribution in [0.1, 0.15) is 38.8 Å². The fourth-order valence-corrected chi connectivity index (χ4v) is 2.97. The Morgan fingerprint density at radius 1 is 1.55 bits per heavy atom. The van der Waals surface area contributed by atoms with E-state index in [1.807, 2.05) is 10.9 Å². The number of allylic oxidation sites excluding steroid dienone is 1. The Kier molecular flexibility index (Phi) is 5.73. The molecule has 2 rings (SSSR count). The van der Waals surface area contributed by atoms with Crippen molar-refractivity contribution in [3.8, 4) is 0 Å². The zero-order chi connectivity index (χ0) is 14.4. The summed E-state index contributed by atoms with van der Waals surface area (Å²) in [7, 11) is 0. The van der Waals surface area contributed by atoms with E-state index < -0.39 is 0 Å². The summed E-state index contributed by atoms with van der Waals surface area (Å²) in [5.74, 6) is 0.631. The molecule has 5 nitrogen and oxygen atoms in total. The van der Waals surface area contributed by atoms with Gasteiger partial charge < -0.3 is 5.11 Å². The van der Waals surface area contributed by atoms with E-state index in [-0.39, 0.29) is 6.61 Å². The number of piperidine rings is 1. The lowest BCUT2D eigenvalue weighted by molar-refractivity contribution is 0.170. The first-order valence-electron chi connectivity index (χ1n) is 7.59. The molecular formula is C15H26N4O. The second-order valence-corrected chi connectivity index (χ2v) is 5.79. The SMILES string of the molecule is CCC=C(C)CN1CCCC(Cn2cc(CO)nn2)C1. The monoisotopic (exact) mass is 278 g/mol. The summed E-state index contributed by atoms with van der Waals surface area (Å²) < 4.78 is 1.87. The molecule has 0 aliphatic carbocycles. The van der Waals surface area contributed by atoms with E-state index in [2.05, 4.69) is 35.1 Å². The van der Waals surface area contributed by atoms with Gasteiger partial charge in [-0.1, -0.05) is 23.8 Å². The van der Waals surface area contributed by atoms with Crippen molar-refractivity contribution in [2.45, 2.75) is 46.3 Å². The predicted octanol–water partition coefficient (Wildman–Crippen LogP) is 1.84. The fraction of sp³-hybridized carbons (Fsp3) is 0.733. The molecule has 2 heterocycles. The summed E-state index contributed by atoms with van der Waals surface area (Å²) in [4.78, 5) is 2.54. The summed E-state index contributed by atoms with van der Waals surface area (Å²) in [6.45, 7) is 8.69. The number of rotatable bonds is 6. The second kappa shape index (κ2) is 7.55. The van der Waals surface area contributed by atoms with Crippen LogP contribution in [0.15, 0.2) is 17.8 Å². The third-order valence-electron chi connectivity index (χ3n) is 3.82. The topological polar surface area (TPSA) is 54.2 Å². The molecule has 5 heteroatoms. The van der Waals surface area contributed by atoms with Gasteiger partial charge >= 0.3 is 0 Å². The molecule has 1 aliphatic rings. The maximum atomic E-state index is 9.02. The number of hydrogen-bond donors (Lipinski definition) is 1. The van der Waals surface area contributed by atoms with Crippen molar-refractivity contribution in [2.24, 2.45) is 5.92 Å². The molecule has 112 valence electrons. The molecule has 1 saturated heterocycles. The minimum Gasteiger partial charge on any atom is -0.390 e. The third-order valence-corrected chi connectivity index (χ3v) is 3.82. The van der Waals surface area contributed by atoms with E-state index in [9.17, 15) is 0 Å². The van der Waals surface area contributed by atoms with Crippen molar-refractivity contribution in [1.82, 2.24) is 19.9 Å². The number of hydrogen-bond acceptors (Lipinski definition) is 4. The van der Waals surface area contributed by atoms with Gasteiger partial charge in [0.1, 0.15) is 5.69 Å². The van der Waals surface area contributed by atoms with E-state index in [0.29, 0.717) is 11.6 Å². The molecule has 20 heavy (non-hydrogen) atoms. The number of nitrogens with zero attached hydrogens (tertiary/aromatic N) is 4. The molecule has 1 N–H and O–H groups in total. The Morgan fingerprint density at radius 2 is 2.40 bits per heavy atom. The molecular weight excluding hydrogens is 252 g/mol. The lowest BCUT2D eigenvalue weighted by Gasteiger charge is -2.32. The Balaban J connectivity index is 1.85. The molecule has 0 aromatic carbocycles. The van der Waals surface area contributed by atoms with Crippen LogP contribution in [-0.4, -0.2) is 44.6 Å². The molecule has 0 amide bonds. The van der Waals surface area contributed by atoms with Gasteiger partial charge in [-0.25, -0.2) is 0 Å². The van der Waals surface area contributed by atoms with E-state index in [0.717, 1.165) is 26.1 Å². The number of likely N-dealkylation sites (tertiary alicyclic amines) is 1. The molecule has 0 saturated carbocycles. The van der Waals surface area contributed by atoms with Crippen molar-refractivity contribution >= 4 is 0 Å². The molecule has 1 aromatic rings. The van der Waals surface area contributed by atoms with E-state index in [1.54, 1.807) is 0 Å². The zero-order valence-corrected chi connectivity index (χ0v) is 12.6. The fourth-order valence-electron chi connectivity index (χ4n) is 2.97. The highest BCUT2D eigenvalue weighted by atomic mass is 16.3. The van der Waals surface area contributed by atoms with Gasteiger partial charge in [-0.2, -0.15) is 0 Å². The van der Waals surface area contributed by atoms with Gasteiger partial charge in [0.2, 0.25) is 0 Å². The van der Waals surface area contributed by atoms with E-state index in [1.165, 1.54) is 25.0 Å². The lowest BCUT2D eigenvalue weighted by atomic mass is 9.97. The Bertz CT molecular complexity index is 441. The van der Waals surface area contributed by atoms with Gasteiger partial charge in [0.25, 0.3) is 0 Å². The first-order valence-corrected chi connectivity index (χ1v) is 7.59. The van der Waals surface area contributed by atoms with Gasteiger partial charge in [-0.3, -0.25) is 9.58 Å². The van der Waals surface area contributed by atoms with Crippen molar-refractivity contribution < 1.29 is 5.11 Å². The second-order valence-electron chi connectivity index (χ2n) is 5.79. The predicted molar refractivity (Wildman–Crippen MR) is 79.2 cm³/mol. The highest BCUT2D eigenvalue weighted by Gasteiger charge is 2.20. The molecule has 0 radical (unpaired) electrons. The molecule has 0 spiro atoms. The lowest BCUT2D eigenvalue weighted by Crippen LogP contribution is -2.38. The Hall–Kier alpha value is -1.20. The van der Waals surface area contributed by atoms with Crippen LogP contribution < -0.4 is 0 Å². The average Bonchev–Trinajstić information content (AvgIpc) is 2.87. The summed E-state index contributed by atoms with van der Waals surface area (Å²) in [6, 6.07) is 0. The molecule has 1 unspecified atom stereocenters. The third kappa shape index (κ3) is 4.42. The highest BCUT2D eigenvalue weighted by molar-refractivity contribution is 5.00. The molecule has 1 atom stereocenters. The summed E-state index contributed by atoms with van der Waals surface area (Å²) >= 11 is 0. The maximum absolute atomic E-state index is 9.02. The Morgan fingerprint density at radius 3 is 3.10 bits per heavy atom. The summed E-state index contributed by atoms with van der Waals surface area (Å²) in [6.07, 6.45) is 7.79. The van der Waals surface area contributed by atoms with Crippen LogP contribution >= 0.6 is 0 Å². The van der Waals surface area contributed by atoms with Crippen molar-refractivity contribution in [2.75, 3.05) is 19.6 Å². The first kappa shape index (κ1) is 15.2. The van der Waals surface area contributed by atoms with Crippen molar-refractivity contribution in [3.05, 3.63) is 23.5 Å². The number of aromatic nitrogens is 3. The maximum Gasteiger partial charge on any atom is 0.108 e. The van der Waals surface area contributed by atoms with Gasteiger partial charge in [0.05, 0.1) is 12.8 Å². The minimum atomic E-state index is -0.0300. The van der Waals surface area contributed by atoms with E-state index >= 15 is 0 Å². The van der Waals surface area contributed by atoms with Crippen LogP contribution in [-0.2, 0) is 13.2 Å². The molecule has 1 aliphatic heterocycles. The smallest absolute Gasteiger partial charge is 0.108 e. The molecule has 1 fully saturated rings. The Labute approximate surface area is 121 Å². The largest absolute Gasteiger partial charge is 0.390 e. The van der Waals surface area contributed by atoms with Gasteiger partial charge in [0.15, 0.2) is 0 Å². The number of aliphatic hydroxyl groups excluding tert-OH is 1. The van der Waals surface area contributed by atoms with Crippen LogP contribution in [0.4, 0.5) is 0 Å². The quantitative estimate of drug-likeness (QED) is 0.807. The minimum absolute atomic E-state index is 0.0300. The summed E-state index contributed by atoms with van der Waals surface area (Å²) in [5, 5.41) is 17.0. The van der Waals surface area contributed by atoms with Crippen molar-refractivity contribution in [1.29, 1.82) is 0 Å². The van der Waals surface area contributed by atoms with Crippen LogP contribution in [0.3, 0.4) is 0 Å². The average molecular weight is 278 g/mol.